The summed E-state index contributed by atoms with van der Waals surface area (Å²) >= 11 is -5.66. The van der Waals surface area contributed by atoms with Gasteiger partial charge in [-0.1, -0.05) is 0 Å². The second-order valence-corrected chi connectivity index (χ2v) is 18.0. The zero-order valence-corrected chi connectivity index (χ0v) is 26.2. The molecular weight excluding hydrogens is 553 g/mol. The summed E-state index contributed by atoms with van der Waals surface area (Å²) in [7, 11) is 0. The van der Waals surface area contributed by atoms with E-state index in [0.29, 0.717) is 0 Å². The summed E-state index contributed by atoms with van der Waals surface area (Å²) in [5.41, 5.74) is 7.93. The first-order chi connectivity index (χ1) is 17.9. The Balaban J connectivity index is 2.05. The van der Waals surface area contributed by atoms with E-state index in [4.69, 9.17) is 13.0 Å². The van der Waals surface area contributed by atoms with Crippen LogP contribution in [0.5, 0.6) is 23.0 Å². The number of aryl methyl sites for hydroxylation is 8. The Morgan fingerprint density at radius 2 is 0.500 bits per heavy atom. The molecule has 0 heterocycles. The zero-order valence-electron chi connectivity index (χ0n) is 24.0. The van der Waals surface area contributed by atoms with Gasteiger partial charge in [0.25, 0.3) is 0 Å². The van der Waals surface area contributed by atoms with Gasteiger partial charge >= 0.3 is 231 Å². The predicted molar refractivity (Wildman–Crippen MR) is 152 cm³/mol. The van der Waals surface area contributed by atoms with Gasteiger partial charge in [0.2, 0.25) is 0 Å². The standard InChI is InChI=1S/4C8H10O.CH3.Nb/c4*1-6-4-3-5-7(2)8(6)9;;/h4*3-5,9H,1-2H3;1H3;/q;;;;;+4/p-4. The van der Waals surface area contributed by atoms with Gasteiger partial charge in [-0.15, -0.1) is 0 Å². The molecule has 0 unspecified atom stereocenters. The van der Waals surface area contributed by atoms with Crippen LogP contribution in [0.1, 0.15) is 44.5 Å². The van der Waals surface area contributed by atoms with Crippen molar-refractivity contribution in [2.75, 3.05) is 0 Å². The van der Waals surface area contributed by atoms with Crippen molar-refractivity contribution in [1.29, 1.82) is 0 Å². The molecule has 0 saturated heterocycles. The molecule has 38 heavy (non-hydrogen) atoms. The van der Waals surface area contributed by atoms with E-state index in [1.165, 1.54) is 0 Å². The molecule has 0 aliphatic rings. The van der Waals surface area contributed by atoms with Crippen molar-refractivity contribution in [3.63, 3.8) is 0 Å². The Labute approximate surface area is 230 Å². The third kappa shape index (κ3) is 5.63. The number of para-hydroxylation sites is 4. The third-order valence-corrected chi connectivity index (χ3v) is 12.6. The molecule has 0 amide bonds. The van der Waals surface area contributed by atoms with Crippen LogP contribution in [0.4, 0.5) is 0 Å². The molecule has 0 saturated carbocycles. The van der Waals surface area contributed by atoms with Crippen LogP contribution in [-0.4, -0.2) is 0 Å². The molecule has 0 aliphatic heterocycles. The summed E-state index contributed by atoms with van der Waals surface area (Å²) in [5.74, 6) is 2.89. The van der Waals surface area contributed by atoms with E-state index in [0.717, 1.165) is 67.5 Å². The average molecular weight is 593 g/mol. The Bertz CT molecular complexity index is 1180. The fourth-order valence-corrected chi connectivity index (χ4v) is 12.1. The summed E-state index contributed by atoms with van der Waals surface area (Å²) < 4.78 is 28.5. The van der Waals surface area contributed by atoms with E-state index in [2.05, 4.69) is 0 Å². The average Bonchev–Trinajstić information content (AvgIpc) is 2.85. The van der Waals surface area contributed by atoms with E-state index in [1.807, 2.05) is 133 Å². The Kier molecular flexibility index (Phi) is 7.72. The summed E-state index contributed by atoms with van der Waals surface area (Å²) in [6.45, 7) is 16.3. The van der Waals surface area contributed by atoms with Gasteiger partial charge in [0.1, 0.15) is 0 Å². The van der Waals surface area contributed by atoms with Gasteiger partial charge in [0.05, 0.1) is 0 Å². The second-order valence-electron chi connectivity index (χ2n) is 10.4. The Hall–Kier alpha value is -3.18. The van der Waals surface area contributed by atoms with Gasteiger partial charge in [-0.25, -0.2) is 0 Å². The van der Waals surface area contributed by atoms with Gasteiger partial charge in [-0.2, -0.15) is 0 Å². The number of rotatable bonds is 8. The third-order valence-electron chi connectivity index (χ3n) is 6.81. The first kappa shape index (κ1) is 27.8. The van der Waals surface area contributed by atoms with Crippen LogP contribution in [0, 0.1) is 55.4 Å². The van der Waals surface area contributed by atoms with Gasteiger partial charge in [-0.3, -0.25) is 0 Å². The summed E-state index contributed by atoms with van der Waals surface area (Å²) in [6, 6.07) is 24.4. The van der Waals surface area contributed by atoms with Crippen molar-refractivity contribution in [3.05, 3.63) is 117 Å². The van der Waals surface area contributed by atoms with Crippen molar-refractivity contribution in [2.24, 2.45) is 0 Å². The normalized spacial score (nSPS) is 12.4. The predicted octanol–water partition coefficient (Wildman–Crippen LogP) is 9.17. The molecule has 0 aromatic heterocycles. The monoisotopic (exact) mass is 592 g/mol. The van der Waals surface area contributed by atoms with Crippen LogP contribution in [0.15, 0.2) is 72.8 Å². The van der Waals surface area contributed by atoms with Crippen molar-refractivity contribution < 1.29 is 30.4 Å². The first-order valence-corrected chi connectivity index (χ1v) is 18.8. The fourth-order valence-electron chi connectivity index (χ4n) is 4.70. The quantitative estimate of drug-likeness (QED) is 0.191. The minimum absolute atomic E-state index is 0.723. The van der Waals surface area contributed by atoms with Crippen LogP contribution in [0.25, 0.3) is 0 Å². The van der Waals surface area contributed by atoms with Gasteiger partial charge in [0.15, 0.2) is 0 Å². The van der Waals surface area contributed by atoms with Crippen molar-refractivity contribution in [3.8, 4) is 23.0 Å². The van der Waals surface area contributed by atoms with E-state index in [9.17, 15) is 0 Å². The van der Waals surface area contributed by atoms with Gasteiger partial charge < -0.3 is 0 Å². The summed E-state index contributed by atoms with van der Waals surface area (Å²) in [5, 5.41) is 1.93. The maximum absolute atomic E-state index is 7.13. The first-order valence-electron chi connectivity index (χ1n) is 13.0. The number of hydrogen-bond donors (Lipinski definition) is 0. The molecule has 5 heteroatoms. The Morgan fingerprint density at radius 1 is 0.342 bits per heavy atom. The van der Waals surface area contributed by atoms with Crippen molar-refractivity contribution in [1.82, 2.24) is 0 Å². The van der Waals surface area contributed by atoms with Crippen LogP contribution >= 0.6 is 0 Å². The number of benzene rings is 4. The minimum atomic E-state index is -5.66. The zero-order chi connectivity index (χ0) is 27.7. The van der Waals surface area contributed by atoms with Crippen LogP contribution in [0.2, 0.25) is 5.14 Å². The molecule has 4 nitrogen and oxygen atoms in total. The van der Waals surface area contributed by atoms with Gasteiger partial charge in [0, 0.05) is 0 Å². The Morgan fingerprint density at radius 3 is 0.658 bits per heavy atom. The second kappa shape index (κ2) is 10.5. The SMILES string of the molecule is Cc1cccc(C)c1[O][Nb]([CH3])([O]c1c(C)cccc1C)([O]c1c(C)cccc1C)[O]c1c(C)cccc1C. The molecule has 200 valence electrons. The molecule has 0 fully saturated rings. The molecule has 0 atom stereocenters. The van der Waals surface area contributed by atoms with Crippen molar-refractivity contribution in [2.45, 2.75) is 60.5 Å². The summed E-state index contributed by atoms with van der Waals surface area (Å²) in [4.78, 5) is 0. The van der Waals surface area contributed by atoms with E-state index >= 15 is 0 Å². The molecule has 4 aromatic carbocycles. The topological polar surface area (TPSA) is 36.9 Å². The van der Waals surface area contributed by atoms with Crippen LogP contribution in [-0.2, 0) is 17.4 Å². The summed E-state index contributed by atoms with van der Waals surface area (Å²) in [6.07, 6.45) is 0. The van der Waals surface area contributed by atoms with Crippen molar-refractivity contribution >= 4 is 0 Å². The molecule has 0 spiro atoms. The molecule has 0 N–H and O–H groups in total. The molecule has 0 radical (unpaired) electrons. The van der Waals surface area contributed by atoms with E-state index in [1.54, 1.807) is 0 Å². The van der Waals surface area contributed by atoms with Crippen LogP contribution < -0.4 is 13.0 Å². The fraction of sp³-hybridized carbons (Fsp3) is 0.273. The van der Waals surface area contributed by atoms with Gasteiger partial charge in [-0.05, 0) is 0 Å². The van der Waals surface area contributed by atoms with E-state index < -0.39 is 17.4 Å². The molecule has 0 aliphatic carbocycles. The maximum atomic E-state index is 7.13. The number of hydrogen-bond acceptors (Lipinski definition) is 4. The molecule has 0 bridgehead atoms. The molecular formula is C33H39NbO4. The van der Waals surface area contributed by atoms with E-state index in [-0.39, 0.29) is 0 Å². The van der Waals surface area contributed by atoms with Crippen LogP contribution in [0.3, 0.4) is 0 Å². The molecule has 4 aromatic rings. The molecule has 4 rings (SSSR count).